The summed E-state index contributed by atoms with van der Waals surface area (Å²) >= 11 is 18.1. The fraction of sp³-hybridized carbons (Fsp3) is 0.818. The molecule has 1 unspecified atom stereocenters. The molecule has 0 spiro atoms. The van der Waals surface area contributed by atoms with Gasteiger partial charge in [-0.1, -0.05) is 170 Å². The van der Waals surface area contributed by atoms with E-state index in [4.69, 9.17) is 72.7 Å². The van der Waals surface area contributed by atoms with Crippen LogP contribution in [0.5, 0.6) is 0 Å². The number of halogens is 3. The molecular weight excluding hydrogens is 838 g/mol. The molecule has 0 saturated carbocycles. The summed E-state index contributed by atoms with van der Waals surface area (Å²) in [6.07, 6.45) is 25.5. The molecule has 1 rings (SSSR count). The molecule has 1 fully saturated rings. The fourth-order valence-electron chi connectivity index (χ4n) is 6.76. The van der Waals surface area contributed by atoms with E-state index in [-0.39, 0.29) is 38.8 Å². The molecule has 2 N–H and O–H groups in total. The van der Waals surface area contributed by atoms with Gasteiger partial charge in [0.2, 0.25) is 18.1 Å². The Bertz CT molecular complexity index is 1190. The van der Waals surface area contributed by atoms with Crippen molar-refractivity contribution in [3.63, 3.8) is 0 Å². The minimum absolute atomic E-state index is 0.0843. The largest absolute Gasteiger partial charge is 0.475 e. The van der Waals surface area contributed by atoms with Crippen molar-refractivity contribution in [2.24, 2.45) is 5.92 Å². The summed E-state index contributed by atoms with van der Waals surface area (Å²) in [5.74, 6) is -0.658. The third-order valence-corrected chi connectivity index (χ3v) is 12.1. The minimum atomic E-state index is -4.30. The molecule has 11 nitrogen and oxygen atoms in total. The van der Waals surface area contributed by atoms with Gasteiger partial charge in [0.25, 0.3) is 3.79 Å². The Labute approximate surface area is 372 Å². The first kappa shape index (κ1) is 56.0. The number of carbonyl (C=O) groups excluding carboxylic acids is 1. The van der Waals surface area contributed by atoms with Crippen LogP contribution in [0.3, 0.4) is 0 Å². The van der Waals surface area contributed by atoms with E-state index in [0.717, 1.165) is 38.5 Å². The number of phosphoric acid groups is 1. The molecular formula is C44H78Cl3N2O9P. The van der Waals surface area contributed by atoms with E-state index in [2.05, 4.69) is 51.4 Å². The van der Waals surface area contributed by atoms with Crippen LogP contribution < -0.4 is 5.32 Å². The van der Waals surface area contributed by atoms with Crippen LogP contribution in [-0.4, -0.2) is 79.8 Å². The number of unbranched alkanes of at least 4 members (excludes halogenated alkanes) is 15. The summed E-state index contributed by atoms with van der Waals surface area (Å²) in [6, 6.07) is -1.10. The van der Waals surface area contributed by atoms with Crippen LogP contribution in [-0.2, 0) is 41.9 Å². The van der Waals surface area contributed by atoms with Gasteiger partial charge in [0.05, 0.1) is 19.8 Å². The number of nitrogens with one attached hydrogen (secondary N) is 2. The number of carbonyl (C=O) groups is 1. The lowest BCUT2D eigenvalue weighted by Gasteiger charge is -2.46. The van der Waals surface area contributed by atoms with Crippen molar-refractivity contribution in [2.45, 2.75) is 190 Å². The highest BCUT2D eigenvalue weighted by Gasteiger charge is 2.53. The highest BCUT2D eigenvalue weighted by Crippen LogP contribution is 2.52. The van der Waals surface area contributed by atoms with E-state index in [9.17, 15) is 9.36 Å². The third kappa shape index (κ3) is 26.3. The van der Waals surface area contributed by atoms with Gasteiger partial charge < -0.3 is 24.3 Å². The maximum absolute atomic E-state index is 14.0. The fourth-order valence-corrected chi connectivity index (χ4v) is 8.22. The van der Waals surface area contributed by atoms with E-state index in [1.807, 2.05) is 0 Å². The zero-order valence-electron chi connectivity index (χ0n) is 36.6. The summed E-state index contributed by atoms with van der Waals surface area (Å²) in [4.78, 5) is 13.7. The SMILES string of the molecule is C=CCOP(=O)(OCC=C)O[C@@H]1C(COC)O[C@H](OC(=N)C(Cl)(Cl)Cl)[C@H](NC(=O)CCCCCCCCC/C=C\CCCCCC)[C@H]1OCC[C@H](C)CCCCCCC. The molecule has 0 aromatic heterocycles. The van der Waals surface area contributed by atoms with Gasteiger partial charge in [-0.25, -0.2) is 4.57 Å². The number of hydrogen-bond acceptors (Lipinski definition) is 10. The first-order valence-electron chi connectivity index (χ1n) is 22.2. The van der Waals surface area contributed by atoms with Crippen molar-refractivity contribution in [3.8, 4) is 0 Å². The van der Waals surface area contributed by atoms with Crippen LogP contribution in [0.25, 0.3) is 0 Å². The smallest absolute Gasteiger partial charge is 0.446 e. The van der Waals surface area contributed by atoms with E-state index >= 15 is 0 Å². The summed E-state index contributed by atoms with van der Waals surface area (Å²) in [5.41, 5.74) is 0. The highest BCUT2D eigenvalue weighted by molar-refractivity contribution is 7.48. The number of phosphoric ester groups is 1. The zero-order valence-corrected chi connectivity index (χ0v) is 39.8. The monoisotopic (exact) mass is 914 g/mol. The molecule has 0 bridgehead atoms. The van der Waals surface area contributed by atoms with Gasteiger partial charge in [-0.05, 0) is 44.4 Å². The average Bonchev–Trinajstić information content (AvgIpc) is 3.19. The first-order valence-corrected chi connectivity index (χ1v) is 24.8. The molecule has 0 aliphatic carbocycles. The normalized spacial score (nSPS) is 20.4. The number of hydrogen-bond donors (Lipinski definition) is 2. The predicted molar refractivity (Wildman–Crippen MR) is 243 cm³/mol. The molecule has 344 valence electrons. The molecule has 1 aliphatic heterocycles. The quantitative estimate of drug-likeness (QED) is 0.0156. The van der Waals surface area contributed by atoms with Gasteiger partial charge in [-0.15, -0.1) is 13.2 Å². The molecule has 0 aromatic rings. The predicted octanol–water partition coefficient (Wildman–Crippen LogP) is 12.9. The Hall–Kier alpha value is -0.980. The average molecular weight is 916 g/mol. The van der Waals surface area contributed by atoms with Crippen molar-refractivity contribution in [2.75, 3.05) is 33.5 Å². The van der Waals surface area contributed by atoms with Crippen molar-refractivity contribution in [3.05, 3.63) is 37.5 Å². The lowest BCUT2D eigenvalue weighted by molar-refractivity contribution is -0.256. The van der Waals surface area contributed by atoms with E-state index in [1.165, 1.54) is 96.3 Å². The van der Waals surface area contributed by atoms with Gasteiger partial charge in [-0.2, -0.15) is 0 Å². The molecule has 15 heteroatoms. The number of alkyl halides is 3. The molecule has 1 heterocycles. The minimum Gasteiger partial charge on any atom is -0.446 e. The van der Waals surface area contributed by atoms with Crippen molar-refractivity contribution in [1.82, 2.24) is 5.32 Å². The molecule has 0 radical (unpaired) electrons. The Morgan fingerprint density at radius 3 is 1.93 bits per heavy atom. The second-order valence-electron chi connectivity index (χ2n) is 15.5. The standard InChI is InChI=1S/C44H78Cl3N2O9P/c1-7-11-13-15-16-17-18-19-20-21-22-23-24-26-28-30-38(50)49-39-41(53-34-31-36(5)29-27-25-14-12-8-2)40(58-59(51,54-32-9-3)55-33-10-4)37(35-52-6)56-42(39)57-43(48)44(45,46)47/h9-10,17-18,36-37,39-42,48H,3-4,7-8,11-16,19-35H2,1-2,5-6H3,(H,49,50)/b18-17-,48-43?/t36-,37?,39-,40-,41-,42-/m1/s1. The van der Waals surface area contributed by atoms with Crippen molar-refractivity contribution in [1.29, 1.82) is 5.41 Å². The van der Waals surface area contributed by atoms with Crippen LogP contribution in [0.2, 0.25) is 0 Å². The Kier molecular flexibility index (Phi) is 32.8. The van der Waals surface area contributed by atoms with Crippen molar-refractivity contribution < 1.29 is 41.9 Å². The van der Waals surface area contributed by atoms with Gasteiger partial charge in [-0.3, -0.25) is 23.8 Å². The van der Waals surface area contributed by atoms with Crippen LogP contribution >= 0.6 is 42.6 Å². The molecule has 1 aliphatic rings. The maximum Gasteiger partial charge on any atom is 0.475 e. The van der Waals surface area contributed by atoms with Gasteiger partial charge in [0.15, 0.2) is 0 Å². The molecule has 59 heavy (non-hydrogen) atoms. The second-order valence-corrected chi connectivity index (χ2v) is 19.4. The Balaban J connectivity index is 3.15. The van der Waals surface area contributed by atoms with Crippen LogP contribution in [0.4, 0.5) is 0 Å². The van der Waals surface area contributed by atoms with Crippen LogP contribution in [0.1, 0.15) is 156 Å². The van der Waals surface area contributed by atoms with Gasteiger partial charge >= 0.3 is 7.82 Å². The van der Waals surface area contributed by atoms with Crippen LogP contribution in [0, 0.1) is 11.3 Å². The lowest BCUT2D eigenvalue weighted by Crippen LogP contribution is -2.66. The van der Waals surface area contributed by atoms with Gasteiger partial charge in [0.1, 0.15) is 24.4 Å². The summed E-state index contributed by atoms with van der Waals surface area (Å²) in [5, 5.41) is 11.4. The summed E-state index contributed by atoms with van der Waals surface area (Å²) in [7, 11) is -2.84. The summed E-state index contributed by atoms with van der Waals surface area (Å²) in [6.45, 7) is 13.8. The van der Waals surface area contributed by atoms with Crippen molar-refractivity contribution >= 4 is 54.4 Å². The van der Waals surface area contributed by atoms with E-state index < -0.39 is 48.2 Å². The second kappa shape index (κ2) is 34.5. The molecule has 1 amide bonds. The number of allylic oxidation sites excluding steroid dienone is 2. The topological polar surface area (TPSA) is 135 Å². The Morgan fingerprint density at radius 1 is 0.831 bits per heavy atom. The van der Waals surface area contributed by atoms with Crippen LogP contribution in [0.15, 0.2) is 37.5 Å². The Morgan fingerprint density at radius 2 is 1.37 bits per heavy atom. The van der Waals surface area contributed by atoms with E-state index in [0.29, 0.717) is 18.8 Å². The number of amides is 1. The number of ether oxygens (including phenoxy) is 4. The third-order valence-electron chi connectivity index (χ3n) is 10.1. The number of rotatable bonds is 37. The molecule has 6 atom stereocenters. The van der Waals surface area contributed by atoms with E-state index in [1.54, 1.807) is 0 Å². The zero-order chi connectivity index (χ0) is 43.8. The van der Waals surface area contributed by atoms with Gasteiger partial charge in [0, 0.05) is 20.1 Å². The highest BCUT2D eigenvalue weighted by atomic mass is 35.6. The number of methoxy groups -OCH3 is 1. The molecule has 0 aromatic carbocycles. The molecule has 1 saturated heterocycles. The lowest BCUT2D eigenvalue weighted by atomic mass is 9.95. The summed E-state index contributed by atoms with van der Waals surface area (Å²) < 4.78 is 53.3. The maximum atomic E-state index is 14.0. The first-order chi connectivity index (χ1) is 28.3.